The van der Waals surface area contributed by atoms with E-state index in [0.717, 1.165) is 10.8 Å². The summed E-state index contributed by atoms with van der Waals surface area (Å²) in [5.74, 6) is 0. The Morgan fingerprint density at radius 3 is 2.73 bits per heavy atom. The molecule has 1 N–H and O–H groups in total. The second-order valence-corrected chi connectivity index (χ2v) is 5.79. The van der Waals surface area contributed by atoms with Crippen LogP contribution in [0.5, 0.6) is 0 Å². The van der Waals surface area contributed by atoms with Gasteiger partial charge in [0.1, 0.15) is 0 Å². The van der Waals surface area contributed by atoms with E-state index < -0.39 is 18.3 Å². The topological polar surface area (TPSA) is 36.4 Å². The zero-order chi connectivity index (χ0) is 15.9. The van der Waals surface area contributed by atoms with E-state index in [9.17, 15) is 18.3 Å². The minimum absolute atomic E-state index is 0.0405. The summed E-state index contributed by atoms with van der Waals surface area (Å²) < 4.78 is 38.7. The van der Waals surface area contributed by atoms with Gasteiger partial charge in [-0.25, -0.2) is 0 Å². The first kappa shape index (κ1) is 15.1. The van der Waals surface area contributed by atoms with Gasteiger partial charge in [-0.1, -0.05) is 6.07 Å². The molecule has 1 aromatic carbocycles. The van der Waals surface area contributed by atoms with Crippen LogP contribution < -0.4 is 4.90 Å². The Balaban J connectivity index is 1.98. The predicted molar refractivity (Wildman–Crippen MR) is 78.8 cm³/mol. The number of halogens is 3. The second-order valence-electron chi connectivity index (χ2n) is 5.79. The number of rotatable bonds is 2. The van der Waals surface area contributed by atoms with E-state index in [1.54, 1.807) is 23.4 Å². The van der Waals surface area contributed by atoms with Crippen molar-refractivity contribution in [3.63, 3.8) is 0 Å². The smallest absolute Gasteiger partial charge is 0.382 e. The number of aliphatic hydroxyl groups is 1. The summed E-state index contributed by atoms with van der Waals surface area (Å²) in [4.78, 5) is 5.72. The molecule has 1 aromatic heterocycles. The van der Waals surface area contributed by atoms with Crippen LogP contribution in [0.3, 0.4) is 0 Å². The van der Waals surface area contributed by atoms with Crippen molar-refractivity contribution in [3.05, 3.63) is 36.7 Å². The molecule has 0 radical (unpaired) electrons. The maximum absolute atomic E-state index is 12.9. The maximum Gasteiger partial charge on any atom is 0.416 e. The van der Waals surface area contributed by atoms with E-state index in [0.29, 0.717) is 18.5 Å². The van der Waals surface area contributed by atoms with E-state index >= 15 is 0 Å². The van der Waals surface area contributed by atoms with Crippen LogP contribution in [0.2, 0.25) is 0 Å². The lowest BCUT2D eigenvalue weighted by Gasteiger charge is -2.34. The van der Waals surface area contributed by atoms with E-state index in [-0.39, 0.29) is 6.04 Å². The fourth-order valence-corrected chi connectivity index (χ4v) is 3.22. The molecule has 2 aromatic rings. The van der Waals surface area contributed by atoms with Crippen molar-refractivity contribution in [1.29, 1.82) is 0 Å². The van der Waals surface area contributed by atoms with Crippen LogP contribution in [0.15, 0.2) is 36.7 Å². The summed E-state index contributed by atoms with van der Waals surface area (Å²) in [6.45, 7) is 1.89. The molecule has 3 nitrogen and oxygen atoms in total. The predicted octanol–water partition coefficient (Wildman–Crippen LogP) is 3.52. The standard InChI is InChI=1S/C16H17F3N2O/c1-10-2-5-14(15(22)16(17,18)19)21(10)13-4-3-12-9-20-7-6-11(12)8-13/h3-4,6-10,14-15,22H,2,5H2,1H3/t10-,14-,15-/m0/s1. The first-order chi connectivity index (χ1) is 10.4. The van der Waals surface area contributed by atoms with Crippen LogP contribution in [0, 0.1) is 0 Å². The molecule has 3 atom stereocenters. The van der Waals surface area contributed by atoms with Gasteiger partial charge in [-0.2, -0.15) is 13.2 Å². The van der Waals surface area contributed by atoms with Gasteiger partial charge in [0.25, 0.3) is 0 Å². The van der Waals surface area contributed by atoms with Crippen molar-refractivity contribution in [3.8, 4) is 0 Å². The Morgan fingerprint density at radius 2 is 2.00 bits per heavy atom. The summed E-state index contributed by atoms with van der Waals surface area (Å²) in [6, 6.07) is 6.35. The molecule has 22 heavy (non-hydrogen) atoms. The van der Waals surface area contributed by atoms with Gasteiger partial charge < -0.3 is 10.0 Å². The molecule has 0 unspecified atom stereocenters. The van der Waals surface area contributed by atoms with Crippen molar-refractivity contribution in [2.45, 2.75) is 44.1 Å². The molecule has 0 amide bonds. The van der Waals surface area contributed by atoms with Crippen LogP contribution in [0.1, 0.15) is 19.8 Å². The fraction of sp³-hybridized carbons (Fsp3) is 0.438. The second kappa shape index (κ2) is 5.43. The zero-order valence-electron chi connectivity index (χ0n) is 12.1. The Morgan fingerprint density at radius 1 is 1.23 bits per heavy atom. The van der Waals surface area contributed by atoms with Crippen molar-refractivity contribution in [1.82, 2.24) is 4.98 Å². The van der Waals surface area contributed by atoms with Gasteiger partial charge in [0.15, 0.2) is 6.10 Å². The summed E-state index contributed by atoms with van der Waals surface area (Å²) in [5.41, 5.74) is 0.706. The minimum atomic E-state index is -4.60. The fourth-order valence-electron chi connectivity index (χ4n) is 3.22. The molecule has 1 aliphatic heterocycles. The number of hydrogen-bond acceptors (Lipinski definition) is 3. The van der Waals surface area contributed by atoms with Crippen molar-refractivity contribution in [2.75, 3.05) is 4.90 Å². The normalized spacial score (nSPS) is 24.0. The molecule has 118 valence electrons. The molecule has 0 spiro atoms. The van der Waals surface area contributed by atoms with E-state index in [4.69, 9.17) is 0 Å². The highest BCUT2D eigenvalue weighted by Crippen LogP contribution is 2.37. The van der Waals surface area contributed by atoms with Gasteiger partial charge >= 0.3 is 6.18 Å². The third kappa shape index (κ3) is 2.63. The first-order valence-electron chi connectivity index (χ1n) is 7.25. The third-order valence-corrected chi connectivity index (χ3v) is 4.33. The minimum Gasteiger partial charge on any atom is -0.382 e. The summed E-state index contributed by atoms with van der Waals surface area (Å²) >= 11 is 0. The van der Waals surface area contributed by atoms with Crippen LogP contribution in [0.4, 0.5) is 18.9 Å². The number of hydrogen-bond donors (Lipinski definition) is 1. The van der Waals surface area contributed by atoms with Gasteiger partial charge in [-0.05, 0) is 43.4 Å². The summed E-state index contributed by atoms with van der Waals surface area (Å²) in [5, 5.41) is 11.5. The quantitative estimate of drug-likeness (QED) is 0.922. The SMILES string of the molecule is C[C@H]1CC[C@@H]([C@H](O)C(F)(F)F)N1c1ccc2cnccc2c1. The van der Waals surface area contributed by atoms with E-state index in [1.165, 1.54) is 0 Å². The van der Waals surface area contributed by atoms with Crippen LogP contribution in [-0.2, 0) is 0 Å². The number of alkyl halides is 3. The maximum atomic E-state index is 12.9. The Labute approximate surface area is 126 Å². The van der Waals surface area contributed by atoms with Crippen LogP contribution in [-0.4, -0.2) is 34.5 Å². The Hall–Kier alpha value is -1.82. The highest BCUT2D eigenvalue weighted by atomic mass is 19.4. The zero-order valence-corrected chi connectivity index (χ0v) is 12.1. The van der Waals surface area contributed by atoms with Gasteiger partial charge in [0.2, 0.25) is 0 Å². The lowest BCUT2D eigenvalue weighted by atomic mass is 10.1. The average molecular weight is 310 g/mol. The van der Waals surface area contributed by atoms with Gasteiger partial charge in [-0.3, -0.25) is 4.98 Å². The number of fused-ring (bicyclic) bond motifs is 1. The van der Waals surface area contributed by atoms with Gasteiger partial charge in [-0.15, -0.1) is 0 Å². The van der Waals surface area contributed by atoms with Gasteiger partial charge in [0, 0.05) is 29.5 Å². The lowest BCUT2D eigenvalue weighted by molar-refractivity contribution is -0.209. The monoisotopic (exact) mass is 310 g/mol. The Bertz CT molecular complexity index is 674. The molecule has 0 bridgehead atoms. The van der Waals surface area contributed by atoms with Crippen LogP contribution >= 0.6 is 0 Å². The number of aromatic nitrogens is 1. The lowest BCUT2D eigenvalue weighted by Crippen LogP contribution is -2.48. The molecule has 6 heteroatoms. The molecule has 0 aliphatic carbocycles. The Kier molecular flexibility index (Phi) is 3.72. The molecule has 1 fully saturated rings. The van der Waals surface area contributed by atoms with Crippen molar-refractivity contribution in [2.24, 2.45) is 0 Å². The van der Waals surface area contributed by atoms with Crippen molar-refractivity contribution >= 4 is 16.5 Å². The summed E-state index contributed by atoms with van der Waals surface area (Å²) in [6.07, 6.45) is -2.60. The number of nitrogens with zero attached hydrogens (tertiary/aromatic N) is 2. The molecule has 3 rings (SSSR count). The average Bonchev–Trinajstić information content (AvgIpc) is 2.86. The molecule has 1 aliphatic rings. The van der Waals surface area contributed by atoms with E-state index in [1.807, 2.05) is 25.1 Å². The highest BCUT2D eigenvalue weighted by molar-refractivity contribution is 5.85. The number of anilines is 1. The first-order valence-corrected chi connectivity index (χ1v) is 7.25. The molecule has 2 heterocycles. The summed E-state index contributed by atoms with van der Waals surface area (Å²) in [7, 11) is 0. The van der Waals surface area contributed by atoms with E-state index in [2.05, 4.69) is 4.98 Å². The molecular formula is C16H17F3N2O. The molecular weight excluding hydrogens is 293 g/mol. The number of benzene rings is 1. The number of aliphatic hydroxyl groups excluding tert-OH is 1. The highest BCUT2D eigenvalue weighted by Gasteiger charge is 2.48. The largest absolute Gasteiger partial charge is 0.416 e. The third-order valence-electron chi connectivity index (χ3n) is 4.33. The van der Waals surface area contributed by atoms with Crippen LogP contribution in [0.25, 0.3) is 10.8 Å². The number of pyridine rings is 1. The van der Waals surface area contributed by atoms with Gasteiger partial charge in [0.05, 0.1) is 6.04 Å². The molecule has 0 saturated carbocycles. The van der Waals surface area contributed by atoms with Crippen molar-refractivity contribution < 1.29 is 18.3 Å². The molecule has 1 saturated heterocycles.